The summed E-state index contributed by atoms with van der Waals surface area (Å²) in [6, 6.07) is 10.0. The zero-order valence-electron chi connectivity index (χ0n) is 14.0. The summed E-state index contributed by atoms with van der Waals surface area (Å²) >= 11 is 1.07. The van der Waals surface area contributed by atoms with Crippen molar-refractivity contribution in [2.75, 3.05) is 10.6 Å². The van der Waals surface area contributed by atoms with E-state index in [-0.39, 0.29) is 11.9 Å². The molecule has 134 valence electrons. The monoisotopic (exact) mass is 371 g/mol. The summed E-state index contributed by atoms with van der Waals surface area (Å²) in [6.07, 6.45) is 2.20. The number of nitrogens with one attached hydrogen (secondary N) is 3. The molecule has 0 spiro atoms. The lowest BCUT2D eigenvalue weighted by atomic mass is 10.2. The molecule has 0 unspecified atom stereocenters. The second kappa shape index (κ2) is 8.26. The van der Waals surface area contributed by atoms with Crippen LogP contribution in [0.4, 0.5) is 16.2 Å². The van der Waals surface area contributed by atoms with Gasteiger partial charge in [-0.15, -0.1) is 5.10 Å². The summed E-state index contributed by atoms with van der Waals surface area (Å²) in [5, 5.41) is 12.1. The Labute approximate surface area is 153 Å². The first-order valence-corrected chi connectivity index (χ1v) is 8.73. The van der Waals surface area contributed by atoms with Gasteiger partial charge < -0.3 is 20.4 Å². The Kier molecular flexibility index (Phi) is 5.59. The van der Waals surface area contributed by atoms with Crippen molar-refractivity contribution in [3.05, 3.63) is 59.0 Å². The molecule has 3 rings (SSSR count). The third-order valence-corrected chi connectivity index (χ3v) is 4.27. The van der Waals surface area contributed by atoms with Gasteiger partial charge in [0.15, 0.2) is 0 Å². The van der Waals surface area contributed by atoms with Crippen LogP contribution in [0.1, 0.15) is 28.0 Å². The molecule has 0 radical (unpaired) electrons. The Morgan fingerprint density at radius 1 is 1.12 bits per heavy atom. The molecule has 0 atom stereocenters. The summed E-state index contributed by atoms with van der Waals surface area (Å²) in [4.78, 5) is 24.6. The fraction of sp³-hybridized carbons (Fsp3) is 0.176. The lowest BCUT2D eigenvalue weighted by Crippen LogP contribution is -2.27. The van der Waals surface area contributed by atoms with Gasteiger partial charge in [-0.1, -0.05) is 11.4 Å². The number of nitrogens with zero attached hydrogens (tertiary/aromatic N) is 2. The van der Waals surface area contributed by atoms with Crippen LogP contribution >= 0.6 is 11.5 Å². The maximum Gasteiger partial charge on any atom is 0.319 e. The standard InChI is InChI=1S/C17H17N5O3S/c1-2-14-15(26-22-21-14)16(23)19-11-5-7-12(8-6-11)20-17(24)18-10-13-4-3-9-25-13/h3-9H,2,10H2,1H3,(H,19,23)(H2,18,20,24). The second-order valence-corrected chi connectivity index (χ2v) is 6.07. The quantitative estimate of drug-likeness (QED) is 0.616. The number of aryl methyl sites for hydroxylation is 1. The van der Waals surface area contributed by atoms with E-state index in [9.17, 15) is 9.59 Å². The van der Waals surface area contributed by atoms with Gasteiger partial charge in [0, 0.05) is 11.4 Å². The van der Waals surface area contributed by atoms with E-state index in [2.05, 4.69) is 25.5 Å². The van der Waals surface area contributed by atoms with Crippen molar-refractivity contribution in [2.45, 2.75) is 19.9 Å². The van der Waals surface area contributed by atoms with Crippen molar-refractivity contribution in [3.63, 3.8) is 0 Å². The van der Waals surface area contributed by atoms with E-state index in [1.165, 1.54) is 0 Å². The molecule has 3 aromatic rings. The summed E-state index contributed by atoms with van der Waals surface area (Å²) in [7, 11) is 0. The number of benzene rings is 1. The highest BCUT2D eigenvalue weighted by Gasteiger charge is 2.15. The molecule has 3 amide bonds. The average molecular weight is 371 g/mol. The first-order valence-electron chi connectivity index (χ1n) is 7.95. The first kappa shape index (κ1) is 17.6. The number of urea groups is 1. The minimum Gasteiger partial charge on any atom is -0.467 e. The molecule has 26 heavy (non-hydrogen) atoms. The van der Waals surface area contributed by atoms with Gasteiger partial charge in [-0.2, -0.15) is 0 Å². The molecule has 0 bridgehead atoms. The Hall–Kier alpha value is -3.20. The number of carbonyl (C=O) groups is 2. The van der Waals surface area contributed by atoms with Crippen LogP contribution in [0.15, 0.2) is 47.1 Å². The molecule has 0 saturated carbocycles. The maximum atomic E-state index is 12.2. The van der Waals surface area contributed by atoms with Crippen molar-refractivity contribution in [1.29, 1.82) is 0 Å². The summed E-state index contributed by atoms with van der Waals surface area (Å²) in [5.41, 5.74) is 1.90. The topological polar surface area (TPSA) is 109 Å². The van der Waals surface area contributed by atoms with E-state index < -0.39 is 0 Å². The van der Waals surface area contributed by atoms with Gasteiger partial charge in [0.05, 0.1) is 18.5 Å². The number of hydrogen-bond acceptors (Lipinski definition) is 6. The van der Waals surface area contributed by atoms with Crippen LogP contribution in [0.2, 0.25) is 0 Å². The second-order valence-electron chi connectivity index (χ2n) is 5.32. The van der Waals surface area contributed by atoms with Crippen molar-refractivity contribution in [2.24, 2.45) is 0 Å². The number of furan rings is 1. The molecular weight excluding hydrogens is 354 g/mol. The van der Waals surface area contributed by atoms with Crippen LogP contribution in [-0.4, -0.2) is 21.5 Å². The van der Waals surface area contributed by atoms with Crippen LogP contribution in [0, 0.1) is 0 Å². The number of rotatable bonds is 6. The molecule has 0 aliphatic heterocycles. The van der Waals surface area contributed by atoms with Crippen LogP contribution < -0.4 is 16.0 Å². The minimum atomic E-state index is -0.346. The lowest BCUT2D eigenvalue weighted by molar-refractivity contribution is 0.102. The van der Waals surface area contributed by atoms with Gasteiger partial charge in [-0.25, -0.2) is 4.79 Å². The Bertz CT molecular complexity index is 874. The molecule has 2 heterocycles. The van der Waals surface area contributed by atoms with E-state index in [0.29, 0.717) is 40.7 Å². The largest absolute Gasteiger partial charge is 0.467 e. The van der Waals surface area contributed by atoms with E-state index >= 15 is 0 Å². The Morgan fingerprint density at radius 2 is 1.85 bits per heavy atom. The molecule has 3 N–H and O–H groups in total. The van der Waals surface area contributed by atoms with E-state index in [0.717, 1.165) is 11.5 Å². The van der Waals surface area contributed by atoms with Crippen LogP contribution in [0.25, 0.3) is 0 Å². The molecule has 8 nitrogen and oxygen atoms in total. The molecule has 2 aromatic heterocycles. The molecular formula is C17H17N5O3S. The molecule has 1 aromatic carbocycles. The SMILES string of the molecule is CCc1nnsc1C(=O)Nc1ccc(NC(=O)NCc2ccco2)cc1. The molecule has 9 heteroatoms. The lowest BCUT2D eigenvalue weighted by Gasteiger charge is -2.08. The van der Waals surface area contributed by atoms with Gasteiger partial charge in [0.1, 0.15) is 10.6 Å². The van der Waals surface area contributed by atoms with Gasteiger partial charge in [-0.05, 0) is 54.4 Å². The number of amides is 3. The third kappa shape index (κ3) is 4.45. The zero-order valence-corrected chi connectivity index (χ0v) is 14.8. The van der Waals surface area contributed by atoms with E-state index in [1.807, 2.05) is 6.92 Å². The van der Waals surface area contributed by atoms with E-state index in [4.69, 9.17) is 4.42 Å². The highest BCUT2D eigenvalue weighted by molar-refractivity contribution is 7.08. The number of carbonyl (C=O) groups excluding carboxylic acids is 2. The fourth-order valence-electron chi connectivity index (χ4n) is 2.19. The fourth-order valence-corrected chi connectivity index (χ4v) is 2.84. The van der Waals surface area contributed by atoms with Crippen LogP contribution in [0.3, 0.4) is 0 Å². The van der Waals surface area contributed by atoms with Crippen LogP contribution in [0.5, 0.6) is 0 Å². The molecule has 0 saturated heterocycles. The molecule has 0 aliphatic rings. The average Bonchev–Trinajstić information content (AvgIpc) is 3.33. The van der Waals surface area contributed by atoms with Crippen molar-refractivity contribution in [3.8, 4) is 0 Å². The predicted octanol–water partition coefficient (Wildman–Crippen LogP) is 3.27. The Balaban J connectivity index is 1.53. The summed E-state index contributed by atoms with van der Waals surface area (Å²) in [5.74, 6) is 0.427. The molecule has 0 fully saturated rings. The maximum absolute atomic E-state index is 12.2. The first-order chi connectivity index (χ1) is 12.7. The number of aromatic nitrogens is 2. The van der Waals surface area contributed by atoms with Gasteiger partial charge in [0.2, 0.25) is 0 Å². The van der Waals surface area contributed by atoms with Crippen molar-refractivity contribution >= 4 is 34.8 Å². The highest BCUT2D eigenvalue weighted by Crippen LogP contribution is 2.17. The molecule has 0 aliphatic carbocycles. The van der Waals surface area contributed by atoms with E-state index in [1.54, 1.807) is 42.7 Å². The predicted molar refractivity (Wildman–Crippen MR) is 98.2 cm³/mol. The third-order valence-electron chi connectivity index (χ3n) is 3.50. The minimum absolute atomic E-state index is 0.242. The number of anilines is 2. The van der Waals surface area contributed by atoms with Gasteiger partial charge in [0.25, 0.3) is 5.91 Å². The zero-order chi connectivity index (χ0) is 18.4. The summed E-state index contributed by atoms with van der Waals surface area (Å²) < 4.78 is 8.95. The van der Waals surface area contributed by atoms with Crippen LogP contribution in [-0.2, 0) is 13.0 Å². The van der Waals surface area contributed by atoms with Crippen molar-refractivity contribution in [1.82, 2.24) is 14.9 Å². The smallest absolute Gasteiger partial charge is 0.319 e. The summed E-state index contributed by atoms with van der Waals surface area (Å²) in [6.45, 7) is 2.22. The van der Waals surface area contributed by atoms with Gasteiger partial charge >= 0.3 is 6.03 Å². The van der Waals surface area contributed by atoms with Crippen molar-refractivity contribution < 1.29 is 14.0 Å². The number of hydrogen-bond donors (Lipinski definition) is 3. The highest BCUT2D eigenvalue weighted by atomic mass is 32.1. The Morgan fingerprint density at radius 3 is 2.50 bits per heavy atom. The van der Waals surface area contributed by atoms with Gasteiger partial charge in [-0.3, -0.25) is 4.79 Å². The normalized spacial score (nSPS) is 10.3.